The van der Waals surface area contributed by atoms with Crippen molar-refractivity contribution in [1.82, 2.24) is 4.90 Å². The number of benzene rings is 1. The third kappa shape index (κ3) is 4.61. The fraction of sp³-hybridized carbons (Fsp3) is 0.294. The first-order valence-corrected chi connectivity index (χ1v) is 7.72. The Labute approximate surface area is 130 Å². The summed E-state index contributed by atoms with van der Waals surface area (Å²) in [6, 6.07) is 8.28. The first-order chi connectivity index (χ1) is 10.2. The quantitative estimate of drug-likeness (QED) is 0.863. The van der Waals surface area contributed by atoms with Gasteiger partial charge < -0.3 is 10.5 Å². The van der Waals surface area contributed by atoms with Crippen LogP contribution in [0.3, 0.4) is 0 Å². The molecule has 110 valence electrons. The fourth-order valence-electron chi connectivity index (χ4n) is 2.16. The van der Waals surface area contributed by atoms with E-state index in [4.69, 9.17) is 10.5 Å². The zero-order valence-electron chi connectivity index (χ0n) is 12.4. The lowest BCUT2D eigenvalue weighted by molar-refractivity contribution is 0.319. The second kappa shape index (κ2) is 7.84. The predicted molar refractivity (Wildman–Crippen MR) is 88.4 cm³/mol. The van der Waals surface area contributed by atoms with Crippen LogP contribution in [0, 0.1) is 11.8 Å². The van der Waals surface area contributed by atoms with Crippen LogP contribution >= 0.6 is 11.3 Å². The van der Waals surface area contributed by atoms with Crippen LogP contribution in [-0.4, -0.2) is 25.6 Å². The van der Waals surface area contributed by atoms with Gasteiger partial charge in [-0.25, -0.2) is 0 Å². The highest BCUT2D eigenvalue weighted by atomic mass is 32.1. The lowest BCUT2D eigenvalue weighted by atomic mass is 10.1. The zero-order chi connectivity index (χ0) is 15.1. The third-order valence-electron chi connectivity index (χ3n) is 3.07. The van der Waals surface area contributed by atoms with Gasteiger partial charge in [0, 0.05) is 13.1 Å². The Kier molecular flexibility index (Phi) is 5.82. The molecule has 0 bridgehead atoms. The number of nitrogens with two attached hydrogens (primary N) is 1. The maximum atomic E-state index is 5.44. The topological polar surface area (TPSA) is 38.5 Å². The van der Waals surface area contributed by atoms with Crippen molar-refractivity contribution in [2.75, 3.05) is 20.7 Å². The average molecular weight is 300 g/mol. The lowest BCUT2D eigenvalue weighted by Crippen LogP contribution is -2.16. The van der Waals surface area contributed by atoms with E-state index < -0.39 is 0 Å². The number of thiophene rings is 1. The van der Waals surface area contributed by atoms with E-state index in [0.29, 0.717) is 6.54 Å². The second-order valence-corrected chi connectivity index (χ2v) is 5.62. The van der Waals surface area contributed by atoms with Crippen molar-refractivity contribution in [1.29, 1.82) is 0 Å². The molecule has 0 spiro atoms. The normalized spacial score (nSPS) is 10.3. The SMILES string of the molecule is COc1ccc(CN(C)Cc2ccsc2)cc1C#CCN. The number of rotatable bonds is 5. The highest BCUT2D eigenvalue weighted by Crippen LogP contribution is 2.20. The minimum absolute atomic E-state index is 0.353. The van der Waals surface area contributed by atoms with Crippen LogP contribution < -0.4 is 10.5 Å². The van der Waals surface area contributed by atoms with Gasteiger partial charge in [0.2, 0.25) is 0 Å². The van der Waals surface area contributed by atoms with Gasteiger partial charge >= 0.3 is 0 Å². The standard InChI is InChI=1S/C17H20N2OS/c1-19(12-15-7-9-21-13-15)11-14-5-6-17(20-2)16(10-14)4-3-8-18/h5-7,9-10,13H,8,11-12,18H2,1-2H3. The number of nitrogens with zero attached hydrogens (tertiary/aromatic N) is 1. The van der Waals surface area contributed by atoms with Gasteiger partial charge in [-0.1, -0.05) is 17.9 Å². The summed E-state index contributed by atoms with van der Waals surface area (Å²) < 4.78 is 5.33. The van der Waals surface area contributed by atoms with Crippen molar-refractivity contribution in [3.05, 3.63) is 51.7 Å². The summed E-state index contributed by atoms with van der Waals surface area (Å²) in [6.07, 6.45) is 0. The van der Waals surface area contributed by atoms with E-state index in [2.05, 4.69) is 52.7 Å². The molecular formula is C17H20N2OS. The Hall–Kier alpha value is -1.80. The van der Waals surface area contributed by atoms with Gasteiger partial charge in [0.25, 0.3) is 0 Å². The minimum Gasteiger partial charge on any atom is -0.495 e. The van der Waals surface area contributed by atoms with Crippen LogP contribution in [0.5, 0.6) is 5.75 Å². The van der Waals surface area contributed by atoms with Crippen LogP contribution in [0.15, 0.2) is 35.0 Å². The van der Waals surface area contributed by atoms with Gasteiger partial charge in [0.05, 0.1) is 19.2 Å². The number of methoxy groups -OCH3 is 1. The summed E-state index contributed by atoms with van der Waals surface area (Å²) in [4.78, 5) is 2.28. The van der Waals surface area contributed by atoms with E-state index in [-0.39, 0.29) is 0 Å². The average Bonchev–Trinajstić information content (AvgIpc) is 2.98. The molecule has 3 nitrogen and oxygen atoms in total. The van der Waals surface area contributed by atoms with Crippen LogP contribution in [0.2, 0.25) is 0 Å². The molecule has 0 saturated carbocycles. The molecule has 21 heavy (non-hydrogen) atoms. The summed E-state index contributed by atoms with van der Waals surface area (Å²) in [5.41, 5.74) is 8.90. The van der Waals surface area contributed by atoms with Crippen molar-refractivity contribution in [3.8, 4) is 17.6 Å². The number of ether oxygens (including phenoxy) is 1. The van der Waals surface area contributed by atoms with Crippen molar-refractivity contribution in [2.24, 2.45) is 5.73 Å². The Morgan fingerprint density at radius 3 is 2.71 bits per heavy atom. The Balaban J connectivity index is 2.09. The smallest absolute Gasteiger partial charge is 0.134 e. The van der Waals surface area contributed by atoms with E-state index in [1.807, 2.05) is 6.07 Å². The first kappa shape index (κ1) is 15.6. The van der Waals surface area contributed by atoms with Gasteiger partial charge in [-0.15, -0.1) is 0 Å². The van der Waals surface area contributed by atoms with Crippen molar-refractivity contribution in [2.45, 2.75) is 13.1 Å². The van der Waals surface area contributed by atoms with Gasteiger partial charge in [0.1, 0.15) is 5.75 Å². The Morgan fingerprint density at radius 2 is 2.05 bits per heavy atom. The Bertz CT molecular complexity index is 626. The summed E-state index contributed by atoms with van der Waals surface area (Å²) in [5, 5.41) is 4.29. The molecule has 0 aliphatic rings. The van der Waals surface area contributed by atoms with Crippen LogP contribution in [0.25, 0.3) is 0 Å². The van der Waals surface area contributed by atoms with Gasteiger partial charge in [-0.3, -0.25) is 4.90 Å². The zero-order valence-corrected chi connectivity index (χ0v) is 13.2. The van der Waals surface area contributed by atoms with Gasteiger partial charge in [-0.05, 0) is 47.1 Å². The third-order valence-corrected chi connectivity index (χ3v) is 3.81. The Morgan fingerprint density at radius 1 is 1.24 bits per heavy atom. The van der Waals surface area contributed by atoms with Crippen molar-refractivity contribution >= 4 is 11.3 Å². The predicted octanol–water partition coefficient (Wildman–Crippen LogP) is 2.70. The molecule has 2 rings (SSSR count). The maximum absolute atomic E-state index is 5.44. The molecule has 1 aromatic heterocycles. The molecule has 0 unspecified atom stereocenters. The van der Waals surface area contributed by atoms with E-state index in [1.165, 1.54) is 11.1 Å². The second-order valence-electron chi connectivity index (χ2n) is 4.84. The van der Waals surface area contributed by atoms with Crippen LogP contribution in [0.1, 0.15) is 16.7 Å². The molecule has 1 aromatic carbocycles. The molecule has 4 heteroatoms. The first-order valence-electron chi connectivity index (χ1n) is 6.78. The van der Waals surface area contributed by atoms with E-state index in [1.54, 1.807) is 18.4 Å². The molecule has 0 amide bonds. The highest BCUT2D eigenvalue weighted by Gasteiger charge is 2.06. The molecule has 0 fully saturated rings. The van der Waals surface area contributed by atoms with Crippen LogP contribution in [0.4, 0.5) is 0 Å². The highest BCUT2D eigenvalue weighted by molar-refractivity contribution is 7.07. The number of hydrogen-bond acceptors (Lipinski definition) is 4. The molecule has 0 aliphatic carbocycles. The van der Waals surface area contributed by atoms with Crippen molar-refractivity contribution < 1.29 is 4.74 Å². The van der Waals surface area contributed by atoms with E-state index >= 15 is 0 Å². The maximum Gasteiger partial charge on any atom is 0.134 e. The molecular weight excluding hydrogens is 280 g/mol. The van der Waals surface area contributed by atoms with E-state index in [9.17, 15) is 0 Å². The monoisotopic (exact) mass is 300 g/mol. The van der Waals surface area contributed by atoms with Crippen LogP contribution in [-0.2, 0) is 13.1 Å². The molecule has 0 atom stereocenters. The summed E-state index contributed by atoms with van der Waals surface area (Å²) in [7, 11) is 3.78. The van der Waals surface area contributed by atoms with E-state index in [0.717, 1.165) is 24.4 Å². The molecule has 1 heterocycles. The number of hydrogen-bond donors (Lipinski definition) is 1. The molecule has 0 saturated heterocycles. The molecule has 0 aliphatic heterocycles. The summed E-state index contributed by atoms with van der Waals surface area (Å²) >= 11 is 1.73. The largest absolute Gasteiger partial charge is 0.495 e. The molecule has 2 aromatic rings. The lowest BCUT2D eigenvalue weighted by Gasteiger charge is -2.16. The van der Waals surface area contributed by atoms with Gasteiger partial charge in [-0.2, -0.15) is 11.3 Å². The molecule has 0 radical (unpaired) electrons. The summed E-state index contributed by atoms with van der Waals surface area (Å²) in [5.74, 6) is 6.74. The fourth-order valence-corrected chi connectivity index (χ4v) is 2.82. The molecule has 2 N–H and O–H groups in total. The van der Waals surface area contributed by atoms with Gasteiger partial charge in [0.15, 0.2) is 0 Å². The van der Waals surface area contributed by atoms with Crippen molar-refractivity contribution in [3.63, 3.8) is 0 Å². The minimum atomic E-state index is 0.353. The summed E-state index contributed by atoms with van der Waals surface area (Å²) in [6.45, 7) is 2.17.